The number of benzene rings is 1. The zero-order valence-electron chi connectivity index (χ0n) is 10.7. The van der Waals surface area contributed by atoms with Gasteiger partial charge in [0, 0.05) is 19.1 Å². The van der Waals surface area contributed by atoms with Crippen LogP contribution in [0.5, 0.6) is 5.75 Å². The van der Waals surface area contributed by atoms with Crippen molar-refractivity contribution < 1.29 is 4.74 Å². The number of likely N-dealkylation sites (N-methyl/N-ethyl adjacent to an activating group) is 1. The molecule has 1 fully saturated rings. The molecule has 0 saturated carbocycles. The van der Waals surface area contributed by atoms with Crippen LogP contribution in [0.1, 0.15) is 12.5 Å². The molecular weight excluding hydrogens is 212 g/mol. The highest BCUT2D eigenvalue weighted by molar-refractivity contribution is 5.27. The molecule has 1 aliphatic rings. The third-order valence-electron chi connectivity index (χ3n) is 3.41. The van der Waals surface area contributed by atoms with Crippen LogP contribution >= 0.6 is 0 Å². The van der Waals surface area contributed by atoms with Crippen molar-refractivity contribution in [1.82, 2.24) is 4.90 Å². The molecule has 94 valence electrons. The number of ether oxygens (including phenoxy) is 1. The molecule has 3 heteroatoms. The molecule has 1 heterocycles. The van der Waals surface area contributed by atoms with Gasteiger partial charge in [-0.1, -0.05) is 12.1 Å². The molecule has 0 bridgehead atoms. The summed E-state index contributed by atoms with van der Waals surface area (Å²) in [4.78, 5) is 2.31. The molecule has 1 aromatic carbocycles. The second-order valence-corrected chi connectivity index (χ2v) is 4.93. The molecule has 0 aromatic heterocycles. The number of hydrogen-bond acceptors (Lipinski definition) is 3. The first-order valence-electron chi connectivity index (χ1n) is 6.35. The summed E-state index contributed by atoms with van der Waals surface area (Å²) in [5.74, 6) is 1.53. The zero-order valence-corrected chi connectivity index (χ0v) is 10.7. The second kappa shape index (κ2) is 5.52. The lowest BCUT2D eigenvalue weighted by molar-refractivity contribution is 0.340. The molecule has 2 atom stereocenters. The number of hydrogen-bond donors (Lipinski definition) is 1. The van der Waals surface area contributed by atoms with Crippen LogP contribution < -0.4 is 10.5 Å². The van der Waals surface area contributed by atoms with Gasteiger partial charge in [0.2, 0.25) is 0 Å². The normalized spacial score (nSPS) is 25.1. The van der Waals surface area contributed by atoms with Gasteiger partial charge in [0.05, 0.1) is 6.61 Å². The molecule has 1 aliphatic heterocycles. The number of rotatable bonds is 4. The first-order valence-corrected chi connectivity index (χ1v) is 6.35. The summed E-state index contributed by atoms with van der Waals surface area (Å²) in [7, 11) is 2.14. The SMILES string of the molecule is CCOc1ccc(CC2CN(C)CC2N)cc1. The van der Waals surface area contributed by atoms with Crippen LogP contribution in [0.4, 0.5) is 0 Å². The minimum Gasteiger partial charge on any atom is -0.494 e. The Balaban J connectivity index is 1.94. The molecule has 2 N–H and O–H groups in total. The van der Waals surface area contributed by atoms with Crippen LogP contribution in [0.3, 0.4) is 0 Å². The summed E-state index contributed by atoms with van der Waals surface area (Å²) in [6.07, 6.45) is 1.07. The zero-order chi connectivity index (χ0) is 12.3. The molecule has 0 radical (unpaired) electrons. The average molecular weight is 234 g/mol. The Hall–Kier alpha value is -1.06. The van der Waals surface area contributed by atoms with E-state index in [1.807, 2.05) is 19.1 Å². The Bertz CT molecular complexity index is 350. The minimum atomic E-state index is 0.312. The van der Waals surface area contributed by atoms with E-state index in [2.05, 4.69) is 24.1 Å². The lowest BCUT2D eigenvalue weighted by atomic mass is 9.95. The predicted molar refractivity (Wildman–Crippen MR) is 70.3 cm³/mol. The van der Waals surface area contributed by atoms with Crippen molar-refractivity contribution in [3.05, 3.63) is 29.8 Å². The van der Waals surface area contributed by atoms with Gasteiger partial charge in [-0.05, 0) is 44.0 Å². The second-order valence-electron chi connectivity index (χ2n) is 4.93. The van der Waals surface area contributed by atoms with Crippen molar-refractivity contribution in [2.75, 3.05) is 26.7 Å². The van der Waals surface area contributed by atoms with Gasteiger partial charge in [0.1, 0.15) is 5.75 Å². The van der Waals surface area contributed by atoms with Gasteiger partial charge < -0.3 is 15.4 Å². The molecule has 2 rings (SSSR count). The molecule has 0 aliphatic carbocycles. The standard InChI is InChI=1S/C14H22N2O/c1-3-17-13-6-4-11(5-7-13)8-12-9-16(2)10-14(12)15/h4-7,12,14H,3,8-10,15H2,1-2H3. The number of nitrogens with two attached hydrogens (primary N) is 1. The van der Waals surface area contributed by atoms with Crippen molar-refractivity contribution >= 4 is 0 Å². The van der Waals surface area contributed by atoms with Gasteiger partial charge >= 0.3 is 0 Å². The maximum absolute atomic E-state index is 6.13. The third kappa shape index (κ3) is 3.20. The smallest absolute Gasteiger partial charge is 0.119 e. The van der Waals surface area contributed by atoms with Crippen LogP contribution in [0.15, 0.2) is 24.3 Å². The fourth-order valence-electron chi connectivity index (χ4n) is 2.53. The lowest BCUT2D eigenvalue weighted by Crippen LogP contribution is -2.30. The summed E-state index contributed by atoms with van der Waals surface area (Å²) >= 11 is 0. The van der Waals surface area contributed by atoms with Crippen molar-refractivity contribution in [3.63, 3.8) is 0 Å². The third-order valence-corrected chi connectivity index (χ3v) is 3.41. The van der Waals surface area contributed by atoms with Crippen LogP contribution in [0.25, 0.3) is 0 Å². The highest BCUT2D eigenvalue weighted by atomic mass is 16.5. The average Bonchev–Trinajstić information content (AvgIpc) is 2.61. The Morgan fingerprint density at radius 1 is 1.29 bits per heavy atom. The van der Waals surface area contributed by atoms with Crippen molar-refractivity contribution in [1.29, 1.82) is 0 Å². The molecule has 1 aromatic rings. The van der Waals surface area contributed by atoms with E-state index in [0.717, 1.165) is 31.9 Å². The molecular formula is C14H22N2O. The fourth-order valence-corrected chi connectivity index (χ4v) is 2.53. The van der Waals surface area contributed by atoms with E-state index in [9.17, 15) is 0 Å². The van der Waals surface area contributed by atoms with Gasteiger partial charge in [-0.3, -0.25) is 0 Å². The molecule has 2 unspecified atom stereocenters. The molecule has 1 saturated heterocycles. The monoisotopic (exact) mass is 234 g/mol. The maximum atomic E-state index is 6.13. The van der Waals surface area contributed by atoms with Gasteiger partial charge in [-0.25, -0.2) is 0 Å². The molecule has 0 spiro atoms. The predicted octanol–water partition coefficient (Wildman–Crippen LogP) is 1.52. The van der Waals surface area contributed by atoms with Gasteiger partial charge in [-0.2, -0.15) is 0 Å². The van der Waals surface area contributed by atoms with Crippen molar-refractivity contribution in [2.45, 2.75) is 19.4 Å². The van der Waals surface area contributed by atoms with Gasteiger partial charge in [-0.15, -0.1) is 0 Å². The van der Waals surface area contributed by atoms with Crippen LogP contribution in [0.2, 0.25) is 0 Å². The fraction of sp³-hybridized carbons (Fsp3) is 0.571. The summed E-state index contributed by atoms with van der Waals surface area (Å²) in [5.41, 5.74) is 7.48. The molecule has 3 nitrogen and oxygen atoms in total. The van der Waals surface area contributed by atoms with Crippen LogP contribution in [0, 0.1) is 5.92 Å². The first kappa shape index (κ1) is 12.4. The highest BCUT2D eigenvalue weighted by Gasteiger charge is 2.27. The Morgan fingerprint density at radius 2 is 2.00 bits per heavy atom. The van der Waals surface area contributed by atoms with E-state index in [-0.39, 0.29) is 0 Å². The lowest BCUT2D eigenvalue weighted by Gasteiger charge is -2.14. The minimum absolute atomic E-state index is 0.312. The van der Waals surface area contributed by atoms with E-state index in [1.54, 1.807) is 0 Å². The van der Waals surface area contributed by atoms with E-state index in [4.69, 9.17) is 10.5 Å². The Kier molecular flexibility index (Phi) is 4.02. The number of nitrogens with zero attached hydrogens (tertiary/aromatic N) is 1. The quantitative estimate of drug-likeness (QED) is 0.858. The van der Waals surface area contributed by atoms with Crippen molar-refractivity contribution in [2.24, 2.45) is 11.7 Å². The summed E-state index contributed by atoms with van der Waals surface area (Å²) < 4.78 is 5.44. The van der Waals surface area contributed by atoms with Crippen LogP contribution in [-0.4, -0.2) is 37.7 Å². The summed E-state index contributed by atoms with van der Waals surface area (Å²) in [6.45, 7) is 4.84. The van der Waals surface area contributed by atoms with E-state index in [0.29, 0.717) is 12.0 Å². The van der Waals surface area contributed by atoms with Gasteiger partial charge in [0.15, 0.2) is 0 Å². The summed E-state index contributed by atoms with van der Waals surface area (Å²) in [5, 5.41) is 0. The van der Waals surface area contributed by atoms with E-state index >= 15 is 0 Å². The van der Waals surface area contributed by atoms with E-state index in [1.165, 1.54) is 5.56 Å². The topological polar surface area (TPSA) is 38.5 Å². The molecule has 0 amide bonds. The van der Waals surface area contributed by atoms with E-state index < -0.39 is 0 Å². The van der Waals surface area contributed by atoms with Crippen LogP contribution in [-0.2, 0) is 6.42 Å². The Morgan fingerprint density at radius 3 is 2.53 bits per heavy atom. The molecule has 17 heavy (non-hydrogen) atoms. The Labute approximate surface area is 104 Å². The summed E-state index contributed by atoms with van der Waals surface area (Å²) in [6, 6.07) is 8.70. The maximum Gasteiger partial charge on any atom is 0.119 e. The van der Waals surface area contributed by atoms with Gasteiger partial charge in [0.25, 0.3) is 0 Å². The highest BCUT2D eigenvalue weighted by Crippen LogP contribution is 2.20. The van der Waals surface area contributed by atoms with Crippen molar-refractivity contribution in [3.8, 4) is 5.75 Å². The largest absolute Gasteiger partial charge is 0.494 e. The first-order chi connectivity index (χ1) is 8.19. The number of likely N-dealkylation sites (tertiary alicyclic amines) is 1.